The second kappa shape index (κ2) is 3.82. The lowest BCUT2D eigenvalue weighted by molar-refractivity contribution is 0.112. The molecule has 0 atom stereocenters. The van der Waals surface area contributed by atoms with Gasteiger partial charge in [-0.15, -0.1) is 0 Å². The summed E-state index contributed by atoms with van der Waals surface area (Å²) in [6.07, 6.45) is 3.65. The smallest absolute Gasteiger partial charge is 0.153 e. The minimum Gasteiger partial charge on any atom is -0.298 e. The maximum Gasteiger partial charge on any atom is 0.153 e. The lowest BCUT2D eigenvalue weighted by Gasteiger charge is -2.01. The van der Waals surface area contributed by atoms with E-state index >= 15 is 0 Å². The zero-order valence-electron chi connectivity index (χ0n) is 7.52. The van der Waals surface area contributed by atoms with Gasteiger partial charge in [-0.2, -0.15) is 5.10 Å². The molecular formula is C10H6ClFN2O. The highest BCUT2D eigenvalue weighted by atomic mass is 35.5. The van der Waals surface area contributed by atoms with Crippen LogP contribution in [-0.2, 0) is 0 Å². The van der Waals surface area contributed by atoms with Crippen LogP contribution in [0.3, 0.4) is 0 Å². The first-order valence-electron chi connectivity index (χ1n) is 4.16. The van der Waals surface area contributed by atoms with Crippen LogP contribution in [0.2, 0.25) is 5.02 Å². The standard InChI is InChI=1S/C10H6ClFN2O/c11-9-3-8(1-2-10(9)12)14-5-7(6-15)4-13-14/h1-6H. The molecule has 0 bridgehead atoms. The number of aromatic nitrogens is 2. The number of hydrogen-bond acceptors (Lipinski definition) is 2. The Balaban J connectivity index is 2.44. The number of carbonyl (C=O) groups is 1. The zero-order valence-corrected chi connectivity index (χ0v) is 8.28. The first-order chi connectivity index (χ1) is 7.20. The normalized spacial score (nSPS) is 10.3. The Labute approximate surface area is 90.1 Å². The van der Waals surface area contributed by atoms with Crippen molar-refractivity contribution in [2.45, 2.75) is 0 Å². The van der Waals surface area contributed by atoms with E-state index in [0.717, 1.165) is 0 Å². The fourth-order valence-corrected chi connectivity index (χ4v) is 1.34. The van der Waals surface area contributed by atoms with Crippen molar-refractivity contribution in [3.05, 3.63) is 47.0 Å². The topological polar surface area (TPSA) is 34.9 Å². The van der Waals surface area contributed by atoms with Gasteiger partial charge in [-0.3, -0.25) is 4.79 Å². The summed E-state index contributed by atoms with van der Waals surface area (Å²) in [4.78, 5) is 10.4. The third kappa shape index (κ3) is 1.89. The molecule has 0 saturated carbocycles. The van der Waals surface area contributed by atoms with E-state index in [1.807, 2.05) is 0 Å². The van der Waals surface area contributed by atoms with Gasteiger partial charge in [0.2, 0.25) is 0 Å². The third-order valence-corrected chi connectivity index (χ3v) is 2.20. The molecular weight excluding hydrogens is 219 g/mol. The Hall–Kier alpha value is -1.68. The SMILES string of the molecule is O=Cc1cnn(-c2ccc(F)c(Cl)c2)c1. The fraction of sp³-hybridized carbons (Fsp3) is 0. The lowest BCUT2D eigenvalue weighted by Crippen LogP contribution is -1.94. The molecule has 1 heterocycles. The van der Waals surface area contributed by atoms with Crippen molar-refractivity contribution >= 4 is 17.9 Å². The molecule has 2 aromatic rings. The number of carbonyl (C=O) groups excluding carboxylic acids is 1. The molecule has 76 valence electrons. The van der Waals surface area contributed by atoms with Gasteiger partial charge in [-0.25, -0.2) is 9.07 Å². The van der Waals surface area contributed by atoms with Gasteiger partial charge in [-0.1, -0.05) is 11.6 Å². The van der Waals surface area contributed by atoms with Gasteiger partial charge in [0.25, 0.3) is 0 Å². The van der Waals surface area contributed by atoms with Crippen molar-refractivity contribution in [1.29, 1.82) is 0 Å². The molecule has 2 rings (SSSR count). The second-order valence-corrected chi connectivity index (χ2v) is 3.34. The first-order valence-corrected chi connectivity index (χ1v) is 4.54. The summed E-state index contributed by atoms with van der Waals surface area (Å²) in [5.74, 6) is -0.483. The van der Waals surface area contributed by atoms with Crippen molar-refractivity contribution in [1.82, 2.24) is 9.78 Å². The van der Waals surface area contributed by atoms with Gasteiger partial charge in [0.05, 0.1) is 22.5 Å². The molecule has 5 heteroatoms. The number of aldehydes is 1. The number of halogens is 2. The van der Waals surface area contributed by atoms with Gasteiger partial charge >= 0.3 is 0 Å². The maximum atomic E-state index is 12.9. The van der Waals surface area contributed by atoms with Crippen LogP contribution in [0.5, 0.6) is 0 Å². The molecule has 0 N–H and O–H groups in total. The average molecular weight is 225 g/mol. The number of hydrogen-bond donors (Lipinski definition) is 0. The fourth-order valence-electron chi connectivity index (χ4n) is 1.17. The lowest BCUT2D eigenvalue weighted by atomic mass is 10.3. The van der Waals surface area contributed by atoms with Crippen LogP contribution >= 0.6 is 11.6 Å². The minimum atomic E-state index is -0.483. The summed E-state index contributed by atoms with van der Waals surface area (Å²) >= 11 is 5.62. The molecule has 0 fully saturated rings. The van der Waals surface area contributed by atoms with Crippen molar-refractivity contribution in [2.24, 2.45) is 0 Å². The zero-order chi connectivity index (χ0) is 10.8. The first kappa shape index (κ1) is 9.86. The van der Waals surface area contributed by atoms with Crippen LogP contribution in [0, 0.1) is 5.82 Å². The molecule has 1 aromatic heterocycles. The van der Waals surface area contributed by atoms with Gasteiger partial charge in [0.15, 0.2) is 6.29 Å². The minimum absolute atomic E-state index is 0.0238. The van der Waals surface area contributed by atoms with Crippen molar-refractivity contribution < 1.29 is 9.18 Å². The summed E-state index contributed by atoms with van der Waals surface area (Å²) < 4.78 is 14.3. The summed E-state index contributed by atoms with van der Waals surface area (Å²) in [7, 11) is 0. The summed E-state index contributed by atoms with van der Waals surface area (Å²) in [5.41, 5.74) is 1.06. The predicted octanol–water partition coefficient (Wildman–Crippen LogP) is 2.48. The Kier molecular flexibility index (Phi) is 2.51. The van der Waals surface area contributed by atoms with E-state index in [-0.39, 0.29) is 5.02 Å². The molecule has 1 aromatic carbocycles. The maximum absolute atomic E-state index is 12.9. The third-order valence-electron chi connectivity index (χ3n) is 1.91. The highest BCUT2D eigenvalue weighted by Gasteiger charge is 2.03. The molecule has 0 aliphatic heterocycles. The highest BCUT2D eigenvalue weighted by Crippen LogP contribution is 2.18. The van der Waals surface area contributed by atoms with Gasteiger partial charge < -0.3 is 0 Å². The van der Waals surface area contributed by atoms with E-state index in [1.54, 1.807) is 0 Å². The van der Waals surface area contributed by atoms with E-state index in [0.29, 0.717) is 17.5 Å². The molecule has 0 saturated heterocycles. The predicted molar refractivity (Wildman–Crippen MR) is 53.9 cm³/mol. The Morgan fingerprint density at radius 2 is 2.27 bits per heavy atom. The van der Waals surface area contributed by atoms with Crippen molar-refractivity contribution in [2.75, 3.05) is 0 Å². The van der Waals surface area contributed by atoms with Crippen LogP contribution in [0.4, 0.5) is 4.39 Å². The number of rotatable bonds is 2. The molecule has 0 radical (unpaired) electrons. The number of benzene rings is 1. The molecule has 15 heavy (non-hydrogen) atoms. The molecule has 0 aliphatic carbocycles. The van der Waals surface area contributed by atoms with E-state index in [4.69, 9.17) is 11.6 Å². The highest BCUT2D eigenvalue weighted by molar-refractivity contribution is 6.30. The van der Waals surface area contributed by atoms with Gasteiger partial charge in [-0.05, 0) is 18.2 Å². The number of nitrogens with zero attached hydrogens (tertiary/aromatic N) is 2. The summed E-state index contributed by atoms with van der Waals surface area (Å²) in [6.45, 7) is 0. The van der Waals surface area contributed by atoms with Crippen LogP contribution in [0.25, 0.3) is 5.69 Å². The Morgan fingerprint density at radius 1 is 1.47 bits per heavy atom. The monoisotopic (exact) mass is 224 g/mol. The van der Waals surface area contributed by atoms with E-state index in [1.165, 1.54) is 35.3 Å². The summed E-state index contributed by atoms with van der Waals surface area (Å²) in [6, 6.07) is 4.22. The van der Waals surface area contributed by atoms with Crippen molar-refractivity contribution in [3.8, 4) is 5.69 Å². The Morgan fingerprint density at radius 3 is 2.87 bits per heavy atom. The van der Waals surface area contributed by atoms with Crippen molar-refractivity contribution in [3.63, 3.8) is 0 Å². The van der Waals surface area contributed by atoms with E-state index in [9.17, 15) is 9.18 Å². The molecule has 3 nitrogen and oxygen atoms in total. The average Bonchev–Trinajstić information content (AvgIpc) is 2.70. The van der Waals surface area contributed by atoms with Crippen LogP contribution < -0.4 is 0 Å². The van der Waals surface area contributed by atoms with E-state index < -0.39 is 5.82 Å². The van der Waals surface area contributed by atoms with E-state index in [2.05, 4.69) is 5.10 Å². The largest absolute Gasteiger partial charge is 0.298 e. The van der Waals surface area contributed by atoms with Gasteiger partial charge in [0.1, 0.15) is 5.82 Å². The Bertz CT molecular complexity index is 510. The molecule has 0 unspecified atom stereocenters. The van der Waals surface area contributed by atoms with Crippen LogP contribution in [0.15, 0.2) is 30.6 Å². The molecule has 0 aliphatic rings. The summed E-state index contributed by atoms with van der Waals surface area (Å²) in [5, 5.41) is 3.96. The quantitative estimate of drug-likeness (QED) is 0.735. The van der Waals surface area contributed by atoms with Crippen LogP contribution in [-0.4, -0.2) is 16.1 Å². The van der Waals surface area contributed by atoms with Crippen LogP contribution in [0.1, 0.15) is 10.4 Å². The molecule has 0 amide bonds. The van der Waals surface area contributed by atoms with Gasteiger partial charge in [0, 0.05) is 6.20 Å². The second-order valence-electron chi connectivity index (χ2n) is 2.93. The molecule has 0 spiro atoms.